The van der Waals surface area contributed by atoms with Gasteiger partial charge in [0, 0.05) is 12.1 Å². The molecule has 1 aromatic rings. The Balaban J connectivity index is 3.42. The lowest BCUT2D eigenvalue weighted by molar-refractivity contribution is -0.138. The summed E-state index contributed by atoms with van der Waals surface area (Å²) in [6, 6.07) is 2.64. The number of aryl methyl sites for hydroxylation is 1. The summed E-state index contributed by atoms with van der Waals surface area (Å²) in [6.45, 7) is 1.61. The summed E-state index contributed by atoms with van der Waals surface area (Å²) in [7, 11) is 1.21. The molecule has 0 aliphatic rings. The van der Waals surface area contributed by atoms with Crippen molar-refractivity contribution in [1.29, 1.82) is 0 Å². The minimum Gasteiger partial charge on any atom is -0.496 e. The van der Waals surface area contributed by atoms with Crippen LogP contribution < -0.4 is 10.5 Å². The van der Waals surface area contributed by atoms with E-state index in [1.807, 2.05) is 0 Å². The number of ether oxygens (including phenoxy) is 1. The second-order valence-corrected chi connectivity index (χ2v) is 3.21. The molecule has 0 aliphatic heterocycles. The number of halogens is 3. The average Bonchev–Trinajstić information content (AvgIpc) is 2.15. The molecule has 0 bridgehead atoms. The lowest BCUT2D eigenvalue weighted by Gasteiger charge is -2.16. The van der Waals surface area contributed by atoms with Gasteiger partial charge in [-0.3, -0.25) is 0 Å². The summed E-state index contributed by atoms with van der Waals surface area (Å²) in [6.07, 6.45) is -4.42. The number of hydrogen-bond donors (Lipinski definition) is 1. The Labute approximate surface area is 85.8 Å². The SMILES string of the molecule is COc1c(CN)cc(C)cc1C(F)(F)F. The van der Waals surface area contributed by atoms with Gasteiger partial charge in [0.05, 0.1) is 12.7 Å². The second kappa shape index (κ2) is 4.10. The molecule has 1 aromatic carbocycles. The lowest BCUT2D eigenvalue weighted by atomic mass is 10.0. The zero-order valence-electron chi connectivity index (χ0n) is 8.48. The standard InChI is InChI=1S/C10H12F3NO/c1-6-3-7(5-14)9(15-2)8(4-6)10(11,12)13/h3-4H,5,14H2,1-2H3. The number of hydrogen-bond acceptors (Lipinski definition) is 2. The Morgan fingerprint density at radius 2 is 1.93 bits per heavy atom. The molecule has 0 unspecified atom stereocenters. The van der Waals surface area contributed by atoms with E-state index in [0.29, 0.717) is 11.1 Å². The van der Waals surface area contributed by atoms with Crippen LogP contribution in [0.25, 0.3) is 0 Å². The fourth-order valence-electron chi connectivity index (χ4n) is 1.45. The van der Waals surface area contributed by atoms with E-state index in [4.69, 9.17) is 10.5 Å². The molecule has 2 nitrogen and oxygen atoms in total. The predicted octanol–water partition coefficient (Wildman–Crippen LogP) is 2.48. The molecule has 15 heavy (non-hydrogen) atoms. The first-order chi connectivity index (χ1) is 6.90. The maximum atomic E-state index is 12.6. The van der Waals surface area contributed by atoms with Gasteiger partial charge < -0.3 is 10.5 Å². The topological polar surface area (TPSA) is 35.2 Å². The smallest absolute Gasteiger partial charge is 0.419 e. The van der Waals surface area contributed by atoms with Gasteiger partial charge in [-0.05, 0) is 18.6 Å². The molecule has 0 spiro atoms. The quantitative estimate of drug-likeness (QED) is 0.829. The maximum absolute atomic E-state index is 12.6. The molecule has 0 amide bonds. The van der Waals surface area contributed by atoms with Gasteiger partial charge in [-0.2, -0.15) is 13.2 Å². The number of alkyl halides is 3. The minimum absolute atomic E-state index is 0.0218. The Bertz CT molecular complexity index is 360. The molecule has 0 radical (unpaired) electrons. The number of benzene rings is 1. The van der Waals surface area contributed by atoms with Gasteiger partial charge in [-0.25, -0.2) is 0 Å². The molecule has 84 valence electrons. The van der Waals surface area contributed by atoms with Crippen molar-refractivity contribution in [2.45, 2.75) is 19.6 Å². The monoisotopic (exact) mass is 219 g/mol. The van der Waals surface area contributed by atoms with E-state index in [0.717, 1.165) is 6.07 Å². The van der Waals surface area contributed by atoms with Gasteiger partial charge in [-0.1, -0.05) is 6.07 Å². The first kappa shape index (κ1) is 11.8. The maximum Gasteiger partial charge on any atom is 0.419 e. The molecule has 0 heterocycles. The Hall–Kier alpha value is -1.23. The highest BCUT2D eigenvalue weighted by molar-refractivity contribution is 5.46. The highest BCUT2D eigenvalue weighted by Gasteiger charge is 2.35. The van der Waals surface area contributed by atoms with Crippen molar-refractivity contribution in [1.82, 2.24) is 0 Å². The molecule has 0 saturated heterocycles. The van der Waals surface area contributed by atoms with Crippen LogP contribution in [0.1, 0.15) is 16.7 Å². The number of nitrogens with two attached hydrogens (primary N) is 1. The van der Waals surface area contributed by atoms with E-state index in [1.165, 1.54) is 7.11 Å². The summed E-state index contributed by atoms with van der Waals surface area (Å²) in [5.74, 6) is -0.185. The van der Waals surface area contributed by atoms with Crippen molar-refractivity contribution in [2.24, 2.45) is 5.73 Å². The number of methoxy groups -OCH3 is 1. The zero-order chi connectivity index (χ0) is 11.6. The summed E-state index contributed by atoms with van der Waals surface area (Å²) < 4.78 is 42.6. The molecule has 0 atom stereocenters. The normalized spacial score (nSPS) is 11.6. The molecule has 0 saturated carbocycles. The largest absolute Gasteiger partial charge is 0.496 e. The molecule has 2 N–H and O–H groups in total. The van der Waals surface area contributed by atoms with Crippen LogP contribution in [0.4, 0.5) is 13.2 Å². The van der Waals surface area contributed by atoms with Crippen LogP contribution in [-0.4, -0.2) is 7.11 Å². The van der Waals surface area contributed by atoms with Crippen molar-refractivity contribution in [3.8, 4) is 5.75 Å². The molecule has 1 rings (SSSR count). The van der Waals surface area contributed by atoms with Crippen LogP contribution in [0, 0.1) is 6.92 Å². The van der Waals surface area contributed by atoms with Gasteiger partial charge in [0.25, 0.3) is 0 Å². The van der Waals surface area contributed by atoms with Crippen molar-refractivity contribution in [3.63, 3.8) is 0 Å². The Morgan fingerprint density at radius 1 is 1.33 bits per heavy atom. The van der Waals surface area contributed by atoms with Crippen molar-refractivity contribution in [2.75, 3.05) is 7.11 Å². The van der Waals surface area contributed by atoms with Crippen molar-refractivity contribution in [3.05, 3.63) is 28.8 Å². The van der Waals surface area contributed by atoms with Crippen LogP contribution >= 0.6 is 0 Å². The van der Waals surface area contributed by atoms with Gasteiger partial charge in [-0.15, -0.1) is 0 Å². The van der Waals surface area contributed by atoms with Crippen LogP contribution in [-0.2, 0) is 12.7 Å². The third-order valence-corrected chi connectivity index (χ3v) is 2.04. The summed E-state index contributed by atoms with van der Waals surface area (Å²) in [5, 5.41) is 0. The van der Waals surface area contributed by atoms with E-state index in [1.54, 1.807) is 13.0 Å². The fraction of sp³-hybridized carbons (Fsp3) is 0.400. The van der Waals surface area contributed by atoms with Gasteiger partial charge in [0.1, 0.15) is 5.75 Å². The molecule has 0 aromatic heterocycles. The number of rotatable bonds is 2. The van der Waals surface area contributed by atoms with Gasteiger partial charge in [0.2, 0.25) is 0 Å². The van der Waals surface area contributed by atoms with E-state index >= 15 is 0 Å². The molecule has 0 fully saturated rings. The Morgan fingerprint density at radius 3 is 2.33 bits per heavy atom. The van der Waals surface area contributed by atoms with E-state index < -0.39 is 11.7 Å². The lowest BCUT2D eigenvalue weighted by Crippen LogP contribution is -2.11. The van der Waals surface area contributed by atoms with E-state index in [2.05, 4.69) is 0 Å². The van der Waals surface area contributed by atoms with Crippen LogP contribution in [0.2, 0.25) is 0 Å². The van der Waals surface area contributed by atoms with Crippen LogP contribution in [0.3, 0.4) is 0 Å². The predicted molar refractivity (Wildman–Crippen MR) is 50.6 cm³/mol. The zero-order valence-corrected chi connectivity index (χ0v) is 8.48. The second-order valence-electron chi connectivity index (χ2n) is 3.21. The third-order valence-electron chi connectivity index (χ3n) is 2.04. The van der Waals surface area contributed by atoms with Crippen LogP contribution in [0.5, 0.6) is 5.75 Å². The summed E-state index contributed by atoms with van der Waals surface area (Å²) >= 11 is 0. The Kier molecular flexibility index (Phi) is 3.24. The van der Waals surface area contributed by atoms with Crippen LogP contribution in [0.15, 0.2) is 12.1 Å². The average molecular weight is 219 g/mol. The highest BCUT2D eigenvalue weighted by Crippen LogP contribution is 2.38. The third kappa shape index (κ3) is 2.41. The van der Waals surface area contributed by atoms with Gasteiger partial charge >= 0.3 is 6.18 Å². The molecular formula is C10H12F3NO. The minimum atomic E-state index is -4.42. The van der Waals surface area contributed by atoms with E-state index in [-0.39, 0.29) is 12.3 Å². The first-order valence-electron chi connectivity index (χ1n) is 4.35. The summed E-state index contributed by atoms with van der Waals surface area (Å²) in [5.41, 5.74) is 5.47. The van der Waals surface area contributed by atoms with Crippen molar-refractivity contribution >= 4 is 0 Å². The first-order valence-corrected chi connectivity index (χ1v) is 4.35. The van der Waals surface area contributed by atoms with E-state index in [9.17, 15) is 13.2 Å². The molecule has 5 heteroatoms. The van der Waals surface area contributed by atoms with Gasteiger partial charge in [0.15, 0.2) is 0 Å². The van der Waals surface area contributed by atoms with Crippen molar-refractivity contribution < 1.29 is 17.9 Å². The highest BCUT2D eigenvalue weighted by atomic mass is 19.4. The molecule has 0 aliphatic carbocycles. The fourth-order valence-corrected chi connectivity index (χ4v) is 1.45. The summed E-state index contributed by atoms with van der Waals surface area (Å²) in [4.78, 5) is 0. The molecular weight excluding hydrogens is 207 g/mol.